The van der Waals surface area contributed by atoms with Gasteiger partial charge in [0.1, 0.15) is 6.04 Å². The number of carbonyl (C=O) groups excluding carboxylic acids is 1. The molecule has 0 bridgehead atoms. The van der Waals surface area contributed by atoms with E-state index < -0.39 is 16.1 Å². The quantitative estimate of drug-likeness (QED) is 0.915. The van der Waals surface area contributed by atoms with Gasteiger partial charge in [-0.15, -0.1) is 0 Å². The molecule has 1 atom stereocenters. The number of amides is 1. The number of aryl methyl sites for hydroxylation is 1. The second-order valence-corrected chi connectivity index (χ2v) is 7.29. The predicted molar refractivity (Wildman–Crippen MR) is 93.0 cm³/mol. The molecule has 6 heteroatoms. The molecule has 0 fully saturated rings. The van der Waals surface area contributed by atoms with Crippen molar-refractivity contribution in [2.45, 2.75) is 19.9 Å². The van der Waals surface area contributed by atoms with Gasteiger partial charge in [-0.25, -0.2) is 8.42 Å². The molecule has 0 aliphatic heterocycles. The summed E-state index contributed by atoms with van der Waals surface area (Å²) in [5.41, 5.74) is 2.11. The van der Waals surface area contributed by atoms with Crippen molar-refractivity contribution in [1.29, 1.82) is 0 Å². The molecule has 1 N–H and O–H groups in total. The van der Waals surface area contributed by atoms with Gasteiger partial charge in [0, 0.05) is 5.69 Å². The highest BCUT2D eigenvalue weighted by Crippen LogP contribution is 2.21. The van der Waals surface area contributed by atoms with Crippen LogP contribution in [-0.2, 0) is 14.8 Å². The number of rotatable bonds is 5. The highest BCUT2D eigenvalue weighted by molar-refractivity contribution is 7.92. The Morgan fingerprint density at radius 1 is 1.09 bits per heavy atom. The molecular weight excluding hydrogens is 312 g/mol. The summed E-state index contributed by atoms with van der Waals surface area (Å²) in [4.78, 5) is 12.5. The number of nitrogens with one attached hydrogen (secondary N) is 1. The molecule has 122 valence electrons. The number of sulfonamides is 1. The van der Waals surface area contributed by atoms with Gasteiger partial charge in [-0.1, -0.05) is 30.3 Å². The van der Waals surface area contributed by atoms with Gasteiger partial charge in [0.2, 0.25) is 15.9 Å². The first kappa shape index (κ1) is 17.0. The monoisotopic (exact) mass is 332 g/mol. The van der Waals surface area contributed by atoms with E-state index in [9.17, 15) is 13.2 Å². The Balaban J connectivity index is 2.27. The molecule has 0 spiro atoms. The van der Waals surface area contributed by atoms with Crippen molar-refractivity contribution in [2.24, 2.45) is 0 Å². The largest absolute Gasteiger partial charge is 0.324 e. The number of benzene rings is 2. The van der Waals surface area contributed by atoms with Crippen LogP contribution in [0.1, 0.15) is 12.5 Å². The van der Waals surface area contributed by atoms with Crippen LogP contribution in [-0.4, -0.2) is 26.6 Å². The molecule has 2 aromatic rings. The molecule has 1 amide bonds. The number of hydrogen-bond donors (Lipinski definition) is 1. The van der Waals surface area contributed by atoms with Gasteiger partial charge in [0.25, 0.3) is 0 Å². The zero-order valence-corrected chi connectivity index (χ0v) is 14.2. The highest BCUT2D eigenvalue weighted by atomic mass is 32.2. The number of para-hydroxylation sites is 1. The summed E-state index contributed by atoms with van der Waals surface area (Å²) in [5, 5.41) is 2.76. The second-order valence-electron chi connectivity index (χ2n) is 5.43. The van der Waals surface area contributed by atoms with Gasteiger partial charge in [-0.2, -0.15) is 0 Å². The minimum absolute atomic E-state index is 0.384. The summed E-state index contributed by atoms with van der Waals surface area (Å²) in [6.07, 6.45) is 1.09. The molecule has 0 aliphatic rings. The summed E-state index contributed by atoms with van der Waals surface area (Å²) in [6, 6.07) is 15.1. The van der Waals surface area contributed by atoms with E-state index in [1.165, 1.54) is 0 Å². The predicted octanol–water partition coefficient (Wildman–Crippen LogP) is 2.79. The van der Waals surface area contributed by atoms with E-state index in [1.807, 2.05) is 25.1 Å². The van der Waals surface area contributed by atoms with Crippen molar-refractivity contribution in [3.05, 3.63) is 60.2 Å². The lowest BCUT2D eigenvalue weighted by Crippen LogP contribution is -2.45. The molecule has 2 rings (SSSR count). The normalized spacial score (nSPS) is 12.5. The van der Waals surface area contributed by atoms with Crippen LogP contribution in [0.25, 0.3) is 0 Å². The van der Waals surface area contributed by atoms with Crippen LogP contribution in [0.15, 0.2) is 54.6 Å². The average Bonchev–Trinajstić information content (AvgIpc) is 2.47. The van der Waals surface area contributed by atoms with Gasteiger partial charge >= 0.3 is 0 Å². The average molecular weight is 332 g/mol. The third-order valence-electron chi connectivity index (χ3n) is 3.38. The smallest absolute Gasteiger partial charge is 0.247 e. The number of anilines is 2. The molecule has 23 heavy (non-hydrogen) atoms. The summed E-state index contributed by atoms with van der Waals surface area (Å²) in [7, 11) is -3.59. The Kier molecular flexibility index (Phi) is 5.05. The molecule has 0 aromatic heterocycles. The Hall–Kier alpha value is -2.34. The van der Waals surface area contributed by atoms with E-state index in [4.69, 9.17) is 0 Å². The lowest BCUT2D eigenvalue weighted by atomic mass is 10.2. The van der Waals surface area contributed by atoms with Gasteiger partial charge in [0.05, 0.1) is 11.9 Å². The Morgan fingerprint density at radius 3 is 2.30 bits per heavy atom. The second kappa shape index (κ2) is 6.83. The maximum atomic E-state index is 12.5. The lowest BCUT2D eigenvalue weighted by Gasteiger charge is -2.28. The summed E-state index contributed by atoms with van der Waals surface area (Å²) < 4.78 is 25.4. The first-order valence-electron chi connectivity index (χ1n) is 7.21. The van der Waals surface area contributed by atoms with E-state index in [0.717, 1.165) is 16.1 Å². The van der Waals surface area contributed by atoms with Gasteiger partial charge in [-0.3, -0.25) is 9.10 Å². The fourth-order valence-electron chi connectivity index (χ4n) is 2.35. The van der Waals surface area contributed by atoms with E-state index >= 15 is 0 Å². The van der Waals surface area contributed by atoms with E-state index in [2.05, 4.69) is 5.32 Å². The summed E-state index contributed by atoms with van der Waals surface area (Å²) in [6.45, 7) is 3.49. The fourth-order valence-corrected chi connectivity index (χ4v) is 3.53. The van der Waals surface area contributed by atoms with Crippen molar-refractivity contribution in [3.63, 3.8) is 0 Å². The van der Waals surface area contributed by atoms with Crippen LogP contribution in [0.2, 0.25) is 0 Å². The summed E-state index contributed by atoms with van der Waals surface area (Å²) in [5.74, 6) is -0.384. The maximum Gasteiger partial charge on any atom is 0.247 e. The van der Waals surface area contributed by atoms with Crippen LogP contribution < -0.4 is 9.62 Å². The number of nitrogens with zero attached hydrogens (tertiary/aromatic N) is 1. The first-order chi connectivity index (χ1) is 10.8. The Morgan fingerprint density at radius 2 is 1.74 bits per heavy atom. The number of carbonyl (C=O) groups is 1. The maximum absolute atomic E-state index is 12.5. The van der Waals surface area contributed by atoms with Gasteiger partial charge in [-0.05, 0) is 43.7 Å². The molecule has 0 aliphatic carbocycles. The van der Waals surface area contributed by atoms with Crippen LogP contribution in [0, 0.1) is 6.92 Å². The topological polar surface area (TPSA) is 66.5 Å². The molecule has 0 unspecified atom stereocenters. The minimum Gasteiger partial charge on any atom is -0.324 e. The SMILES string of the molecule is Cc1cccc(NC(=O)[C@@H](C)N(c2ccccc2)S(C)(=O)=O)c1. The third kappa shape index (κ3) is 4.32. The highest BCUT2D eigenvalue weighted by Gasteiger charge is 2.28. The molecule has 0 heterocycles. The van der Waals surface area contributed by atoms with Gasteiger partial charge in [0.15, 0.2) is 0 Å². The van der Waals surface area contributed by atoms with Crippen molar-refractivity contribution in [1.82, 2.24) is 0 Å². The first-order valence-corrected chi connectivity index (χ1v) is 9.06. The van der Waals surface area contributed by atoms with Crippen LogP contribution >= 0.6 is 0 Å². The lowest BCUT2D eigenvalue weighted by molar-refractivity contribution is -0.116. The van der Waals surface area contributed by atoms with Crippen molar-refractivity contribution < 1.29 is 13.2 Å². The molecule has 0 radical (unpaired) electrons. The minimum atomic E-state index is -3.59. The standard InChI is InChI=1S/C17H20N2O3S/c1-13-8-7-9-15(12-13)18-17(20)14(2)19(23(3,21)22)16-10-5-4-6-11-16/h4-12,14H,1-3H3,(H,18,20)/t14-/m1/s1. The fraction of sp³-hybridized carbons (Fsp3) is 0.235. The van der Waals surface area contributed by atoms with Crippen molar-refractivity contribution in [3.8, 4) is 0 Å². The molecular formula is C17H20N2O3S. The molecule has 0 saturated heterocycles. The molecule has 5 nitrogen and oxygen atoms in total. The summed E-state index contributed by atoms with van der Waals surface area (Å²) >= 11 is 0. The molecule has 2 aromatic carbocycles. The molecule has 0 saturated carbocycles. The zero-order chi connectivity index (χ0) is 17.0. The van der Waals surface area contributed by atoms with E-state index in [0.29, 0.717) is 11.4 Å². The Labute approximate surface area is 137 Å². The third-order valence-corrected chi connectivity index (χ3v) is 4.63. The van der Waals surface area contributed by atoms with Gasteiger partial charge < -0.3 is 5.32 Å². The van der Waals surface area contributed by atoms with Crippen LogP contribution in [0.4, 0.5) is 11.4 Å². The van der Waals surface area contributed by atoms with Crippen LogP contribution in [0.3, 0.4) is 0 Å². The van der Waals surface area contributed by atoms with Crippen LogP contribution in [0.5, 0.6) is 0 Å². The van der Waals surface area contributed by atoms with E-state index in [1.54, 1.807) is 43.3 Å². The zero-order valence-electron chi connectivity index (χ0n) is 13.4. The Bertz CT molecular complexity index is 788. The number of hydrogen-bond acceptors (Lipinski definition) is 3. The van der Waals surface area contributed by atoms with E-state index in [-0.39, 0.29) is 5.91 Å². The van der Waals surface area contributed by atoms with Crippen molar-refractivity contribution in [2.75, 3.05) is 15.9 Å². The van der Waals surface area contributed by atoms with Crippen molar-refractivity contribution >= 4 is 27.3 Å².